The fourth-order valence-corrected chi connectivity index (χ4v) is 3.19. The van der Waals surface area contributed by atoms with Gasteiger partial charge in [-0.2, -0.15) is 4.98 Å². The minimum Gasteiger partial charge on any atom is -0.423 e. The molecule has 0 saturated carbocycles. The number of morpholine rings is 1. The SMILES string of the molecule is CC(C)c1ccc2oc(Nc3ccc(CN4CCOCC4)cc3)nc2c1. The molecule has 26 heavy (non-hydrogen) atoms. The molecule has 2 aromatic carbocycles. The summed E-state index contributed by atoms with van der Waals surface area (Å²) in [6.07, 6.45) is 0. The first-order valence-electron chi connectivity index (χ1n) is 9.24. The molecule has 2 heterocycles. The summed E-state index contributed by atoms with van der Waals surface area (Å²) in [6, 6.07) is 15.2. The molecular weight excluding hydrogens is 326 g/mol. The lowest BCUT2D eigenvalue weighted by molar-refractivity contribution is 0.0342. The zero-order valence-electron chi connectivity index (χ0n) is 15.4. The van der Waals surface area contributed by atoms with Gasteiger partial charge in [-0.25, -0.2) is 0 Å². The van der Waals surface area contributed by atoms with Gasteiger partial charge in [-0.3, -0.25) is 4.90 Å². The largest absolute Gasteiger partial charge is 0.423 e. The molecule has 5 nitrogen and oxygen atoms in total. The molecule has 1 fully saturated rings. The second-order valence-electron chi connectivity index (χ2n) is 7.11. The number of nitrogens with one attached hydrogen (secondary N) is 1. The topological polar surface area (TPSA) is 50.5 Å². The third kappa shape index (κ3) is 3.89. The summed E-state index contributed by atoms with van der Waals surface area (Å²) < 4.78 is 11.2. The second-order valence-corrected chi connectivity index (χ2v) is 7.11. The van der Waals surface area contributed by atoms with Gasteiger partial charge in [0.15, 0.2) is 5.58 Å². The first-order chi connectivity index (χ1) is 12.7. The Hall–Kier alpha value is -2.37. The van der Waals surface area contributed by atoms with E-state index in [2.05, 4.69) is 65.4 Å². The lowest BCUT2D eigenvalue weighted by Gasteiger charge is -2.26. The van der Waals surface area contributed by atoms with E-state index >= 15 is 0 Å². The molecule has 0 atom stereocenters. The number of fused-ring (bicyclic) bond motifs is 1. The Bertz CT molecular complexity index is 865. The molecule has 136 valence electrons. The summed E-state index contributed by atoms with van der Waals surface area (Å²) in [5, 5.41) is 3.26. The quantitative estimate of drug-likeness (QED) is 0.732. The molecule has 4 rings (SSSR count). The number of rotatable bonds is 5. The van der Waals surface area contributed by atoms with E-state index in [4.69, 9.17) is 9.15 Å². The summed E-state index contributed by atoms with van der Waals surface area (Å²) in [5.41, 5.74) is 5.25. The predicted octanol–water partition coefficient (Wildman–Crippen LogP) is 4.53. The van der Waals surface area contributed by atoms with Crippen molar-refractivity contribution < 1.29 is 9.15 Å². The lowest BCUT2D eigenvalue weighted by atomic mass is 10.0. The zero-order valence-corrected chi connectivity index (χ0v) is 15.4. The van der Waals surface area contributed by atoms with E-state index in [9.17, 15) is 0 Å². The van der Waals surface area contributed by atoms with E-state index < -0.39 is 0 Å². The number of hydrogen-bond donors (Lipinski definition) is 1. The van der Waals surface area contributed by atoms with Gasteiger partial charge < -0.3 is 14.5 Å². The third-order valence-electron chi connectivity index (χ3n) is 4.79. The summed E-state index contributed by atoms with van der Waals surface area (Å²) >= 11 is 0. The van der Waals surface area contributed by atoms with Crippen molar-refractivity contribution in [1.29, 1.82) is 0 Å². The highest BCUT2D eigenvalue weighted by atomic mass is 16.5. The lowest BCUT2D eigenvalue weighted by Crippen LogP contribution is -2.35. The number of anilines is 2. The van der Waals surface area contributed by atoms with Crippen LogP contribution >= 0.6 is 0 Å². The van der Waals surface area contributed by atoms with E-state index in [-0.39, 0.29) is 0 Å². The Morgan fingerprint density at radius 1 is 1.08 bits per heavy atom. The average Bonchev–Trinajstić information content (AvgIpc) is 3.05. The van der Waals surface area contributed by atoms with Crippen molar-refractivity contribution in [3.8, 4) is 0 Å². The van der Waals surface area contributed by atoms with Crippen LogP contribution in [-0.4, -0.2) is 36.2 Å². The second kappa shape index (κ2) is 7.48. The van der Waals surface area contributed by atoms with Crippen LogP contribution in [0.25, 0.3) is 11.1 Å². The maximum absolute atomic E-state index is 5.81. The zero-order chi connectivity index (χ0) is 17.9. The van der Waals surface area contributed by atoms with Crippen LogP contribution in [0.3, 0.4) is 0 Å². The van der Waals surface area contributed by atoms with Crippen molar-refractivity contribution in [2.75, 3.05) is 31.6 Å². The smallest absolute Gasteiger partial charge is 0.300 e. The summed E-state index contributed by atoms with van der Waals surface area (Å²) in [4.78, 5) is 6.98. The molecule has 0 unspecified atom stereocenters. The van der Waals surface area contributed by atoms with Gasteiger partial charge in [0.25, 0.3) is 6.01 Å². The molecule has 0 radical (unpaired) electrons. The molecular formula is C21H25N3O2. The van der Waals surface area contributed by atoms with Crippen LogP contribution in [0.15, 0.2) is 46.9 Å². The molecule has 0 aliphatic carbocycles. The Morgan fingerprint density at radius 3 is 2.58 bits per heavy atom. The van der Waals surface area contributed by atoms with Crippen LogP contribution in [-0.2, 0) is 11.3 Å². The summed E-state index contributed by atoms with van der Waals surface area (Å²) in [6.45, 7) is 8.98. The normalized spacial score (nSPS) is 15.7. The fraction of sp³-hybridized carbons (Fsp3) is 0.381. The molecule has 0 bridgehead atoms. The highest BCUT2D eigenvalue weighted by molar-refractivity contribution is 5.76. The van der Waals surface area contributed by atoms with Crippen molar-refractivity contribution in [2.45, 2.75) is 26.3 Å². The molecule has 3 aromatic rings. The Labute approximate surface area is 154 Å². The van der Waals surface area contributed by atoms with Gasteiger partial charge in [-0.15, -0.1) is 0 Å². The van der Waals surface area contributed by atoms with Crippen molar-refractivity contribution in [3.63, 3.8) is 0 Å². The number of aromatic nitrogens is 1. The number of benzene rings is 2. The number of oxazole rings is 1. The molecule has 1 saturated heterocycles. The van der Waals surface area contributed by atoms with Crippen LogP contribution < -0.4 is 5.32 Å². The van der Waals surface area contributed by atoms with E-state index in [1.807, 2.05) is 6.07 Å². The first-order valence-corrected chi connectivity index (χ1v) is 9.24. The van der Waals surface area contributed by atoms with Crippen LogP contribution in [0.5, 0.6) is 0 Å². The van der Waals surface area contributed by atoms with Crippen LogP contribution in [0.1, 0.15) is 30.9 Å². The van der Waals surface area contributed by atoms with Gasteiger partial charge >= 0.3 is 0 Å². The fourth-order valence-electron chi connectivity index (χ4n) is 3.19. The molecule has 1 N–H and O–H groups in total. The Kier molecular flexibility index (Phi) is 4.91. The molecule has 5 heteroatoms. The van der Waals surface area contributed by atoms with E-state index in [1.165, 1.54) is 11.1 Å². The number of nitrogens with zero attached hydrogens (tertiary/aromatic N) is 2. The Balaban J connectivity index is 1.44. The van der Waals surface area contributed by atoms with Gasteiger partial charge in [-0.05, 0) is 41.3 Å². The highest BCUT2D eigenvalue weighted by Crippen LogP contribution is 2.25. The van der Waals surface area contributed by atoms with Gasteiger partial charge in [0.2, 0.25) is 0 Å². The monoisotopic (exact) mass is 351 g/mol. The standard InChI is InChI=1S/C21H25N3O2/c1-15(2)17-5-8-20-19(13-17)23-21(26-20)22-18-6-3-16(4-7-18)14-24-9-11-25-12-10-24/h3-8,13,15H,9-12,14H2,1-2H3,(H,22,23). The maximum Gasteiger partial charge on any atom is 0.300 e. The number of hydrogen-bond acceptors (Lipinski definition) is 5. The highest BCUT2D eigenvalue weighted by Gasteiger charge is 2.11. The van der Waals surface area contributed by atoms with Gasteiger partial charge in [-0.1, -0.05) is 32.0 Å². The molecule has 0 amide bonds. The van der Waals surface area contributed by atoms with Gasteiger partial charge in [0, 0.05) is 25.3 Å². The molecule has 1 aliphatic rings. The third-order valence-corrected chi connectivity index (χ3v) is 4.79. The van der Waals surface area contributed by atoms with Gasteiger partial charge in [0.1, 0.15) is 5.52 Å². The number of ether oxygens (including phenoxy) is 1. The minimum absolute atomic E-state index is 0.478. The van der Waals surface area contributed by atoms with Crippen molar-refractivity contribution in [2.24, 2.45) is 0 Å². The average molecular weight is 351 g/mol. The van der Waals surface area contributed by atoms with E-state index in [0.29, 0.717) is 11.9 Å². The van der Waals surface area contributed by atoms with Crippen molar-refractivity contribution >= 4 is 22.8 Å². The maximum atomic E-state index is 5.81. The Morgan fingerprint density at radius 2 is 1.85 bits per heavy atom. The van der Waals surface area contributed by atoms with Crippen LogP contribution in [0.2, 0.25) is 0 Å². The summed E-state index contributed by atoms with van der Waals surface area (Å²) in [5.74, 6) is 0.478. The summed E-state index contributed by atoms with van der Waals surface area (Å²) in [7, 11) is 0. The molecule has 1 aromatic heterocycles. The van der Waals surface area contributed by atoms with E-state index in [0.717, 1.165) is 49.6 Å². The van der Waals surface area contributed by atoms with Gasteiger partial charge in [0.05, 0.1) is 13.2 Å². The van der Waals surface area contributed by atoms with Crippen LogP contribution in [0, 0.1) is 0 Å². The van der Waals surface area contributed by atoms with Crippen molar-refractivity contribution in [3.05, 3.63) is 53.6 Å². The molecule has 1 aliphatic heterocycles. The van der Waals surface area contributed by atoms with Crippen LogP contribution in [0.4, 0.5) is 11.7 Å². The minimum atomic E-state index is 0.478. The molecule has 0 spiro atoms. The van der Waals surface area contributed by atoms with Crippen molar-refractivity contribution in [1.82, 2.24) is 9.88 Å². The first kappa shape index (κ1) is 17.1. The predicted molar refractivity (Wildman–Crippen MR) is 104 cm³/mol. The van der Waals surface area contributed by atoms with E-state index in [1.54, 1.807) is 0 Å².